The molecule has 0 aliphatic carbocycles. The molecular formula is C27H30ClN7O2. The predicted octanol–water partition coefficient (Wildman–Crippen LogP) is 4.61. The maximum Gasteiger partial charge on any atom is 0.302 e. The lowest BCUT2D eigenvalue weighted by atomic mass is 9.95. The fourth-order valence-electron chi connectivity index (χ4n) is 4.16. The number of halogens is 1. The lowest BCUT2D eigenvalue weighted by molar-refractivity contribution is -0.117. The summed E-state index contributed by atoms with van der Waals surface area (Å²) >= 11 is 6.62. The van der Waals surface area contributed by atoms with Gasteiger partial charge in [0, 0.05) is 47.9 Å². The molecule has 5 N–H and O–H groups in total. The van der Waals surface area contributed by atoms with Crippen molar-refractivity contribution in [3.63, 3.8) is 0 Å². The molecule has 0 saturated carbocycles. The Hall–Kier alpha value is -4.11. The van der Waals surface area contributed by atoms with Crippen molar-refractivity contribution in [2.75, 3.05) is 18.9 Å². The highest BCUT2D eigenvalue weighted by atomic mass is 35.5. The SMILES string of the molecule is CCc1cccc2nc(NC3=NC(c4ccc(C)cc4Cl)C(C(=O)NC/C(C=N)=C/NC)=C(C)N3)oc12. The van der Waals surface area contributed by atoms with Gasteiger partial charge < -0.3 is 25.8 Å². The minimum atomic E-state index is -0.677. The fourth-order valence-corrected chi connectivity index (χ4v) is 4.50. The summed E-state index contributed by atoms with van der Waals surface area (Å²) in [5, 5.41) is 20.1. The second kappa shape index (κ2) is 11.3. The number of allylic oxidation sites excluding steroid dienone is 1. The summed E-state index contributed by atoms with van der Waals surface area (Å²) < 4.78 is 5.99. The average molecular weight is 520 g/mol. The van der Waals surface area contributed by atoms with Crippen LogP contribution in [0.5, 0.6) is 0 Å². The molecule has 1 aromatic heterocycles. The number of benzene rings is 2. The van der Waals surface area contributed by atoms with Gasteiger partial charge in [-0.1, -0.05) is 42.8 Å². The summed E-state index contributed by atoms with van der Waals surface area (Å²) in [5.41, 5.74) is 5.89. The number of hydrogen-bond acceptors (Lipinski definition) is 8. The van der Waals surface area contributed by atoms with Crippen molar-refractivity contribution in [1.82, 2.24) is 20.9 Å². The summed E-state index contributed by atoms with van der Waals surface area (Å²) in [4.78, 5) is 22.7. The number of rotatable bonds is 8. The van der Waals surface area contributed by atoms with Crippen molar-refractivity contribution in [2.24, 2.45) is 4.99 Å². The lowest BCUT2D eigenvalue weighted by Crippen LogP contribution is -2.39. The molecule has 0 saturated heterocycles. The molecule has 4 rings (SSSR count). The number of carbonyl (C=O) groups is 1. The van der Waals surface area contributed by atoms with Crippen LogP contribution in [-0.4, -0.2) is 36.7 Å². The molecule has 2 aromatic carbocycles. The molecule has 1 aliphatic heterocycles. The number of fused-ring (bicyclic) bond motifs is 1. The van der Waals surface area contributed by atoms with E-state index in [-0.39, 0.29) is 12.5 Å². The number of hydrogen-bond donors (Lipinski definition) is 5. The van der Waals surface area contributed by atoms with E-state index in [1.165, 1.54) is 6.21 Å². The number of amides is 1. The Morgan fingerprint density at radius 2 is 2.08 bits per heavy atom. The van der Waals surface area contributed by atoms with E-state index in [1.807, 2.05) is 50.2 Å². The number of nitrogens with one attached hydrogen (secondary N) is 5. The average Bonchev–Trinajstić information content (AvgIpc) is 3.28. The normalized spacial score (nSPS) is 15.8. The van der Waals surface area contributed by atoms with Crippen LogP contribution in [-0.2, 0) is 11.2 Å². The van der Waals surface area contributed by atoms with Gasteiger partial charge in [-0.2, -0.15) is 4.98 Å². The first-order valence-corrected chi connectivity index (χ1v) is 12.3. The lowest BCUT2D eigenvalue weighted by Gasteiger charge is -2.27. The minimum Gasteiger partial charge on any atom is -0.423 e. The van der Waals surface area contributed by atoms with Crippen molar-refractivity contribution in [3.8, 4) is 0 Å². The maximum atomic E-state index is 13.4. The largest absolute Gasteiger partial charge is 0.423 e. The molecule has 0 spiro atoms. The van der Waals surface area contributed by atoms with E-state index in [9.17, 15) is 4.79 Å². The van der Waals surface area contributed by atoms with Gasteiger partial charge in [0.15, 0.2) is 5.58 Å². The van der Waals surface area contributed by atoms with Gasteiger partial charge in [0.05, 0.1) is 5.57 Å². The Balaban J connectivity index is 1.68. The molecule has 0 fully saturated rings. The number of guanidine groups is 1. The highest BCUT2D eigenvalue weighted by molar-refractivity contribution is 6.31. The molecule has 3 aromatic rings. The van der Waals surface area contributed by atoms with E-state index in [0.29, 0.717) is 39.4 Å². The summed E-state index contributed by atoms with van der Waals surface area (Å²) in [5.74, 6) is 0.0725. The molecular weight excluding hydrogens is 490 g/mol. The molecule has 0 radical (unpaired) electrons. The van der Waals surface area contributed by atoms with E-state index in [4.69, 9.17) is 26.4 Å². The van der Waals surface area contributed by atoms with Crippen LogP contribution in [0.2, 0.25) is 5.02 Å². The van der Waals surface area contributed by atoms with E-state index < -0.39 is 6.04 Å². The van der Waals surface area contributed by atoms with Crippen molar-refractivity contribution >= 4 is 46.8 Å². The van der Waals surface area contributed by atoms with Crippen LogP contribution in [0.3, 0.4) is 0 Å². The third-order valence-electron chi connectivity index (χ3n) is 6.01. The van der Waals surface area contributed by atoms with Gasteiger partial charge in [0.25, 0.3) is 5.91 Å². The molecule has 2 heterocycles. The van der Waals surface area contributed by atoms with Gasteiger partial charge in [0.1, 0.15) is 11.6 Å². The Labute approximate surface area is 220 Å². The Morgan fingerprint density at radius 3 is 2.78 bits per heavy atom. The first kappa shape index (κ1) is 26.0. The maximum absolute atomic E-state index is 13.4. The second-order valence-electron chi connectivity index (χ2n) is 8.67. The van der Waals surface area contributed by atoms with Crippen molar-refractivity contribution < 1.29 is 9.21 Å². The Morgan fingerprint density at radius 1 is 1.27 bits per heavy atom. The topological polar surface area (TPSA) is 127 Å². The van der Waals surface area contributed by atoms with Gasteiger partial charge in [-0.05, 0) is 43.5 Å². The quantitative estimate of drug-likeness (QED) is 0.277. The standard InChI is InChI=1S/C27H30ClN7O2/c1-5-18-7-6-8-21-24(18)37-27(33-21)35-26-32-16(3)22(25(36)31-14-17(12-29)13-30-4)23(34-26)19-10-9-15(2)11-20(19)28/h6-13,23,29-30H,5,14H2,1-4H3,(H,31,36)(H2,32,33,34,35)/b17-13+,29-12?. The van der Waals surface area contributed by atoms with E-state index in [2.05, 4.69) is 33.2 Å². The molecule has 9 nitrogen and oxygen atoms in total. The van der Waals surface area contributed by atoms with E-state index >= 15 is 0 Å². The van der Waals surface area contributed by atoms with Crippen LogP contribution in [0.4, 0.5) is 6.01 Å². The molecule has 37 heavy (non-hydrogen) atoms. The van der Waals surface area contributed by atoms with Gasteiger partial charge in [-0.15, -0.1) is 0 Å². The minimum absolute atomic E-state index is 0.186. The highest BCUT2D eigenvalue weighted by Crippen LogP contribution is 2.35. The van der Waals surface area contributed by atoms with Gasteiger partial charge in [-0.25, -0.2) is 4.99 Å². The third kappa shape index (κ3) is 5.67. The molecule has 192 valence electrons. The van der Waals surface area contributed by atoms with Crippen LogP contribution in [0.15, 0.2) is 68.9 Å². The van der Waals surface area contributed by atoms with Crippen LogP contribution < -0.4 is 21.3 Å². The summed E-state index contributed by atoms with van der Waals surface area (Å²) in [6.07, 6.45) is 3.67. The molecule has 1 atom stereocenters. The highest BCUT2D eigenvalue weighted by Gasteiger charge is 2.31. The van der Waals surface area contributed by atoms with Gasteiger partial charge >= 0.3 is 6.01 Å². The number of nitrogens with zero attached hydrogens (tertiary/aromatic N) is 2. The van der Waals surface area contributed by atoms with Crippen LogP contribution in [0, 0.1) is 12.3 Å². The van der Waals surface area contributed by atoms with Crippen molar-refractivity contribution in [2.45, 2.75) is 33.2 Å². The fraction of sp³-hybridized carbons (Fsp3) is 0.259. The van der Waals surface area contributed by atoms with Crippen molar-refractivity contribution in [1.29, 1.82) is 5.41 Å². The zero-order chi connectivity index (χ0) is 26.5. The second-order valence-corrected chi connectivity index (χ2v) is 9.07. The monoisotopic (exact) mass is 519 g/mol. The molecule has 0 bridgehead atoms. The van der Waals surface area contributed by atoms with E-state index in [0.717, 1.165) is 28.6 Å². The number of aryl methyl sites for hydroxylation is 2. The predicted molar refractivity (Wildman–Crippen MR) is 148 cm³/mol. The Kier molecular flexibility index (Phi) is 7.93. The number of aliphatic imine (C=N–C) groups is 1. The number of carbonyl (C=O) groups excluding carboxylic acids is 1. The molecule has 1 amide bonds. The van der Waals surface area contributed by atoms with E-state index in [1.54, 1.807) is 13.2 Å². The summed E-state index contributed by atoms with van der Waals surface area (Å²) in [6, 6.07) is 11.1. The van der Waals surface area contributed by atoms with Gasteiger partial charge in [-0.3, -0.25) is 10.1 Å². The molecule has 1 aliphatic rings. The zero-order valence-corrected chi connectivity index (χ0v) is 22.0. The third-order valence-corrected chi connectivity index (χ3v) is 6.33. The zero-order valence-electron chi connectivity index (χ0n) is 21.2. The number of oxazole rings is 1. The van der Waals surface area contributed by atoms with Crippen LogP contribution >= 0.6 is 11.6 Å². The Bertz CT molecular complexity index is 1440. The smallest absolute Gasteiger partial charge is 0.302 e. The molecule has 10 heteroatoms. The molecule has 1 unspecified atom stereocenters. The first-order valence-electron chi connectivity index (χ1n) is 12.0. The number of anilines is 1. The number of aromatic nitrogens is 1. The van der Waals surface area contributed by atoms with Crippen LogP contribution in [0.1, 0.15) is 36.6 Å². The summed E-state index contributed by atoms with van der Waals surface area (Å²) in [6.45, 7) is 6.01. The summed E-state index contributed by atoms with van der Waals surface area (Å²) in [7, 11) is 1.74. The number of para-hydroxylation sites is 1. The van der Waals surface area contributed by atoms with Crippen LogP contribution in [0.25, 0.3) is 11.1 Å². The van der Waals surface area contributed by atoms with Crippen molar-refractivity contribution in [3.05, 3.63) is 81.2 Å². The first-order chi connectivity index (χ1) is 17.8. The van der Waals surface area contributed by atoms with Gasteiger partial charge in [0.2, 0.25) is 5.96 Å².